The van der Waals surface area contributed by atoms with Crippen LogP contribution in [0.25, 0.3) is 0 Å². The molecular formula is C21H22N2O6S. The number of ether oxygens (including phenoxy) is 1. The number of hydrogen-bond donors (Lipinski definition) is 1. The van der Waals surface area contributed by atoms with Gasteiger partial charge >= 0.3 is 6.09 Å². The van der Waals surface area contributed by atoms with Gasteiger partial charge in [0.15, 0.2) is 16.4 Å². The quantitative estimate of drug-likeness (QED) is 0.685. The SMILES string of the molecule is CS(=O)(=O)c1ccc(CCC(=O)NC(CN2C(=O)COC2=O)c2ccccc2)cc1. The van der Waals surface area contributed by atoms with Crippen LogP contribution in [0, 0.1) is 0 Å². The summed E-state index contributed by atoms with van der Waals surface area (Å²) in [7, 11) is -3.27. The molecule has 1 atom stereocenters. The fourth-order valence-electron chi connectivity index (χ4n) is 3.09. The lowest BCUT2D eigenvalue weighted by Crippen LogP contribution is -2.40. The highest BCUT2D eigenvalue weighted by atomic mass is 32.2. The van der Waals surface area contributed by atoms with Crippen molar-refractivity contribution >= 4 is 27.7 Å². The third-order valence-corrected chi connectivity index (χ3v) is 5.86. The molecule has 1 aliphatic rings. The van der Waals surface area contributed by atoms with E-state index < -0.39 is 27.9 Å². The average Bonchev–Trinajstić information content (AvgIpc) is 3.04. The number of imide groups is 1. The first-order chi connectivity index (χ1) is 14.2. The van der Waals surface area contributed by atoms with Crippen molar-refractivity contribution in [3.63, 3.8) is 0 Å². The molecule has 30 heavy (non-hydrogen) atoms. The lowest BCUT2D eigenvalue weighted by Gasteiger charge is -2.23. The molecule has 0 radical (unpaired) electrons. The molecule has 3 rings (SSSR count). The summed E-state index contributed by atoms with van der Waals surface area (Å²) in [4.78, 5) is 37.4. The first-order valence-electron chi connectivity index (χ1n) is 9.34. The maximum Gasteiger partial charge on any atom is 0.417 e. The van der Waals surface area contributed by atoms with Crippen LogP contribution in [0.3, 0.4) is 0 Å². The van der Waals surface area contributed by atoms with Gasteiger partial charge in [-0.3, -0.25) is 9.59 Å². The van der Waals surface area contributed by atoms with Crippen LogP contribution < -0.4 is 5.32 Å². The van der Waals surface area contributed by atoms with Gasteiger partial charge in [0.25, 0.3) is 5.91 Å². The van der Waals surface area contributed by atoms with E-state index in [-0.39, 0.29) is 30.4 Å². The van der Waals surface area contributed by atoms with Gasteiger partial charge in [0.05, 0.1) is 17.5 Å². The van der Waals surface area contributed by atoms with Crippen LogP contribution in [0.15, 0.2) is 59.5 Å². The Morgan fingerprint density at radius 2 is 1.77 bits per heavy atom. The Balaban J connectivity index is 1.64. The third kappa shape index (κ3) is 5.44. The minimum absolute atomic E-state index is 0.0174. The van der Waals surface area contributed by atoms with Crippen LogP contribution in [0.2, 0.25) is 0 Å². The number of aryl methyl sites for hydroxylation is 1. The molecule has 0 bridgehead atoms. The van der Waals surface area contributed by atoms with E-state index in [9.17, 15) is 22.8 Å². The molecule has 1 heterocycles. The molecule has 1 fully saturated rings. The Hall–Kier alpha value is -3.20. The zero-order valence-corrected chi connectivity index (χ0v) is 17.2. The predicted octanol–water partition coefficient (Wildman–Crippen LogP) is 1.86. The summed E-state index contributed by atoms with van der Waals surface area (Å²) < 4.78 is 27.8. The van der Waals surface area contributed by atoms with Crippen LogP contribution >= 0.6 is 0 Å². The lowest BCUT2D eigenvalue weighted by molar-refractivity contribution is -0.127. The molecule has 1 saturated heterocycles. The van der Waals surface area contributed by atoms with E-state index in [4.69, 9.17) is 4.74 Å². The number of rotatable bonds is 8. The summed E-state index contributed by atoms with van der Waals surface area (Å²) in [5.74, 6) is -0.697. The van der Waals surface area contributed by atoms with Gasteiger partial charge in [0, 0.05) is 12.7 Å². The monoisotopic (exact) mass is 430 g/mol. The van der Waals surface area contributed by atoms with Crippen molar-refractivity contribution in [2.24, 2.45) is 0 Å². The first-order valence-corrected chi connectivity index (χ1v) is 11.2. The van der Waals surface area contributed by atoms with E-state index >= 15 is 0 Å². The second-order valence-corrected chi connectivity index (χ2v) is 9.02. The fourth-order valence-corrected chi connectivity index (χ4v) is 3.72. The van der Waals surface area contributed by atoms with Crippen molar-refractivity contribution in [1.82, 2.24) is 10.2 Å². The summed E-state index contributed by atoms with van der Waals surface area (Å²) >= 11 is 0. The molecule has 0 aliphatic carbocycles. The van der Waals surface area contributed by atoms with Gasteiger partial charge in [0.1, 0.15) is 0 Å². The van der Waals surface area contributed by atoms with Gasteiger partial charge in [-0.1, -0.05) is 42.5 Å². The molecule has 1 unspecified atom stereocenters. The molecule has 3 amide bonds. The molecule has 1 aliphatic heterocycles. The topological polar surface area (TPSA) is 110 Å². The average molecular weight is 430 g/mol. The standard InChI is InChI=1S/C21H22N2O6S/c1-30(27,28)17-10-7-15(8-11-17)9-12-19(24)22-18(16-5-3-2-4-6-16)13-23-20(25)14-29-21(23)26/h2-8,10-11,18H,9,12-14H2,1H3,(H,22,24). The smallest absolute Gasteiger partial charge is 0.417 e. The highest BCUT2D eigenvalue weighted by molar-refractivity contribution is 7.90. The van der Waals surface area contributed by atoms with Gasteiger partial charge < -0.3 is 10.1 Å². The zero-order valence-electron chi connectivity index (χ0n) is 16.4. The fraction of sp³-hybridized carbons (Fsp3) is 0.286. The zero-order chi connectivity index (χ0) is 21.7. The van der Waals surface area contributed by atoms with Crippen LogP contribution in [0.5, 0.6) is 0 Å². The minimum atomic E-state index is -3.27. The van der Waals surface area contributed by atoms with Crippen molar-refractivity contribution in [2.45, 2.75) is 23.8 Å². The Morgan fingerprint density at radius 1 is 1.10 bits per heavy atom. The maximum absolute atomic E-state index is 12.5. The number of sulfone groups is 1. The Bertz CT molecular complexity index is 1020. The number of nitrogens with one attached hydrogen (secondary N) is 1. The summed E-state index contributed by atoms with van der Waals surface area (Å²) in [6, 6.07) is 14.9. The summed E-state index contributed by atoms with van der Waals surface area (Å²) in [5.41, 5.74) is 1.59. The van der Waals surface area contributed by atoms with Gasteiger partial charge in [-0.05, 0) is 29.7 Å². The summed E-state index contributed by atoms with van der Waals surface area (Å²) in [6.07, 6.45) is 1.00. The van der Waals surface area contributed by atoms with E-state index in [2.05, 4.69) is 5.32 Å². The van der Waals surface area contributed by atoms with Gasteiger partial charge in [-0.2, -0.15) is 0 Å². The van der Waals surface area contributed by atoms with Crippen molar-refractivity contribution in [1.29, 1.82) is 0 Å². The molecule has 0 saturated carbocycles. The molecule has 0 aromatic heterocycles. The van der Waals surface area contributed by atoms with E-state index in [1.165, 1.54) is 12.1 Å². The molecule has 9 heteroatoms. The minimum Gasteiger partial charge on any atom is -0.439 e. The number of cyclic esters (lactones) is 1. The predicted molar refractivity (Wildman–Crippen MR) is 108 cm³/mol. The van der Waals surface area contributed by atoms with Crippen LogP contribution in [-0.4, -0.2) is 50.6 Å². The van der Waals surface area contributed by atoms with E-state index in [1.54, 1.807) is 24.3 Å². The summed E-state index contributed by atoms with van der Waals surface area (Å²) in [6.45, 7) is -0.311. The van der Waals surface area contributed by atoms with Gasteiger partial charge in [0.2, 0.25) is 5.91 Å². The van der Waals surface area contributed by atoms with Crippen LogP contribution in [0.1, 0.15) is 23.6 Å². The van der Waals surface area contributed by atoms with E-state index in [0.29, 0.717) is 6.42 Å². The second-order valence-electron chi connectivity index (χ2n) is 7.01. The van der Waals surface area contributed by atoms with E-state index in [0.717, 1.165) is 22.3 Å². The van der Waals surface area contributed by atoms with E-state index in [1.807, 2.05) is 18.2 Å². The Labute approximate surface area is 174 Å². The first kappa shape index (κ1) is 21.5. The van der Waals surface area contributed by atoms with Crippen molar-refractivity contribution in [3.8, 4) is 0 Å². The van der Waals surface area contributed by atoms with Crippen molar-refractivity contribution < 1.29 is 27.5 Å². The normalized spacial score (nSPS) is 15.0. The largest absolute Gasteiger partial charge is 0.439 e. The van der Waals surface area contributed by atoms with Crippen molar-refractivity contribution in [2.75, 3.05) is 19.4 Å². The van der Waals surface area contributed by atoms with Gasteiger partial charge in [-0.25, -0.2) is 18.1 Å². The molecule has 2 aromatic rings. The molecule has 2 aromatic carbocycles. The lowest BCUT2D eigenvalue weighted by atomic mass is 10.1. The highest BCUT2D eigenvalue weighted by Gasteiger charge is 2.33. The number of carbonyl (C=O) groups excluding carboxylic acids is 3. The number of nitrogens with zero attached hydrogens (tertiary/aromatic N) is 1. The molecule has 1 N–H and O–H groups in total. The second kappa shape index (κ2) is 9.08. The molecule has 8 nitrogen and oxygen atoms in total. The Morgan fingerprint density at radius 3 is 2.33 bits per heavy atom. The molecular weight excluding hydrogens is 408 g/mol. The van der Waals surface area contributed by atoms with Crippen LogP contribution in [0.4, 0.5) is 4.79 Å². The van der Waals surface area contributed by atoms with Crippen molar-refractivity contribution in [3.05, 3.63) is 65.7 Å². The molecule has 0 spiro atoms. The van der Waals surface area contributed by atoms with Crippen LogP contribution in [-0.2, 0) is 30.6 Å². The third-order valence-electron chi connectivity index (χ3n) is 4.74. The maximum atomic E-state index is 12.5. The Kier molecular flexibility index (Phi) is 6.51. The number of amides is 3. The number of carbonyl (C=O) groups is 3. The number of benzene rings is 2. The summed E-state index contributed by atoms with van der Waals surface area (Å²) in [5, 5.41) is 2.87. The number of hydrogen-bond acceptors (Lipinski definition) is 6. The highest BCUT2D eigenvalue weighted by Crippen LogP contribution is 2.18. The molecule has 158 valence electrons. The van der Waals surface area contributed by atoms with Gasteiger partial charge in [-0.15, -0.1) is 0 Å².